The number of carbonyl (C=O) groups excluding carboxylic acids is 3. The summed E-state index contributed by atoms with van der Waals surface area (Å²) in [4.78, 5) is 38.0. The maximum atomic E-state index is 12.7. The summed E-state index contributed by atoms with van der Waals surface area (Å²) >= 11 is 1.51. The van der Waals surface area contributed by atoms with Crippen LogP contribution in [0.25, 0.3) is 0 Å². The van der Waals surface area contributed by atoms with Crippen LogP contribution in [0.1, 0.15) is 41.5 Å². The summed E-state index contributed by atoms with van der Waals surface area (Å²) in [5.74, 6) is -0.952. The normalized spacial score (nSPS) is 24.6. The Morgan fingerprint density at radius 3 is 2.68 bits per heavy atom. The molecule has 2 aliphatic heterocycles. The first-order chi connectivity index (χ1) is 12.9. The average Bonchev–Trinajstić information content (AvgIpc) is 3.18. The van der Waals surface area contributed by atoms with E-state index in [-0.39, 0.29) is 17.2 Å². The van der Waals surface area contributed by atoms with E-state index in [1.54, 1.807) is 0 Å². The number of Topliss-reactive ketones (excluding diaryl/α,β-unsaturated/α-hetero) is 1. The van der Waals surface area contributed by atoms with Gasteiger partial charge in [-0.3, -0.25) is 9.59 Å². The van der Waals surface area contributed by atoms with Crippen LogP contribution in [0.3, 0.4) is 0 Å². The van der Waals surface area contributed by atoms with Crippen molar-refractivity contribution in [3.63, 3.8) is 0 Å². The standard InChI is InChI=1S/C18H21F3N2O4S/c1-10-6-12(11(2)22(10)9-18(19,20)21)14(24)7-27-16(26)13-8-28-17(3)5-4-15(25)23(13)17/h6,13H,4-5,7-9H2,1-3H3/t13-,17+/m1/s1. The molecule has 6 nitrogen and oxygen atoms in total. The second-order valence-electron chi connectivity index (χ2n) is 7.28. The van der Waals surface area contributed by atoms with Crippen molar-refractivity contribution < 1.29 is 32.3 Å². The Kier molecular flexibility index (Phi) is 5.28. The van der Waals surface area contributed by atoms with Gasteiger partial charge in [-0.15, -0.1) is 11.8 Å². The van der Waals surface area contributed by atoms with Gasteiger partial charge in [-0.05, 0) is 33.3 Å². The molecular formula is C18H21F3N2O4S. The van der Waals surface area contributed by atoms with Gasteiger partial charge >= 0.3 is 12.1 Å². The van der Waals surface area contributed by atoms with E-state index >= 15 is 0 Å². The number of thioether (sulfide) groups is 1. The molecule has 0 radical (unpaired) electrons. The number of ketones is 1. The lowest BCUT2D eigenvalue weighted by atomic mass is 10.1. The fourth-order valence-corrected chi connectivity index (χ4v) is 5.23. The SMILES string of the molecule is Cc1cc(C(=O)COC(=O)[C@H]2CS[C@@]3(C)CCC(=O)N23)c(C)n1CC(F)(F)F. The second kappa shape index (κ2) is 7.13. The Hall–Kier alpha value is -1.97. The number of aryl methyl sites for hydroxylation is 1. The average molecular weight is 418 g/mol. The fourth-order valence-electron chi connectivity index (χ4n) is 3.81. The number of fused-ring (bicyclic) bond motifs is 1. The van der Waals surface area contributed by atoms with Crippen LogP contribution in [0.15, 0.2) is 6.07 Å². The lowest BCUT2D eigenvalue weighted by molar-refractivity contribution is -0.152. The van der Waals surface area contributed by atoms with E-state index in [1.165, 1.54) is 36.6 Å². The van der Waals surface area contributed by atoms with Crippen LogP contribution >= 0.6 is 11.8 Å². The number of alkyl halides is 3. The molecule has 0 spiro atoms. The highest BCUT2D eigenvalue weighted by molar-refractivity contribution is 8.01. The van der Waals surface area contributed by atoms with Gasteiger partial charge in [0.1, 0.15) is 12.6 Å². The molecule has 154 valence electrons. The number of nitrogens with zero attached hydrogens (tertiary/aromatic N) is 2. The van der Waals surface area contributed by atoms with Gasteiger partial charge in [-0.25, -0.2) is 4.79 Å². The van der Waals surface area contributed by atoms with Crippen molar-refractivity contribution in [1.82, 2.24) is 9.47 Å². The molecule has 0 saturated carbocycles. The molecule has 10 heteroatoms. The summed E-state index contributed by atoms with van der Waals surface area (Å²) in [7, 11) is 0. The molecule has 2 saturated heterocycles. The zero-order valence-electron chi connectivity index (χ0n) is 15.8. The van der Waals surface area contributed by atoms with Gasteiger partial charge in [-0.1, -0.05) is 0 Å². The summed E-state index contributed by atoms with van der Waals surface area (Å²) in [6.07, 6.45) is -3.38. The molecule has 2 aliphatic rings. The number of hydrogen-bond acceptors (Lipinski definition) is 5. The van der Waals surface area contributed by atoms with Gasteiger partial charge in [0.15, 0.2) is 6.61 Å². The van der Waals surface area contributed by atoms with Crippen molar-refractivity contribution in [2.45, 2.75) is 57.2 Å². The molecule has 28 heavy (non-hydrogen) atoms. The van der Waals surface area contributed by atoms with Crippen molar-refractivity contribution >= 4 is 29.4 Å². The van der Waals surface area contributed by atoms with Crippen molar-refractivity contribution in [3.8, 4) is 0 Å². The molecule has 1 amide bonds. The van der Waals surface area contributed by atoms with Crippen LogP contribution in [0, 0.1) is 13.8 Å². The number of esters is 1. The molecule has 1 aromatic rings. The van der Waals surface area contributed by atoms with Crippen molar-refractivity contribution in [1.29, 1.82) is 0 Å². The lowest BCUT2D eigenvalue weighted by Gasteiger charge is -2.29. The predicted molar refractivity (Wildman–Crippen MR) is 96.0 cm³/mol. The van der Waals surface area contributed by atoms with Gasteiger partial charge in [0.05, 0.1) is 4.87 Å². The van der Waals surface area contributed by atoms with Crippen molar-refractivity contribution in [3.05, 3.63) is 23.0 Å². The zero-order chi connectivity index (χ0) is 20.9. The summed E-state index contributed by atoms with van der Waals surface area (Å²) in [5, 5.41) is 0. The summed E-state index contributed by atoms with van der Waals surface area (Å²) in [5.41, 5.74) is 0.571. The zero-order valence-corrected chi connectivity index (χ0v) is 16.6. The number of amides is 1. The first kappa shape index (κ1) is 20.8. The van der Waals surface area contributed by atoms with Crippen LogP contribution in [0.4, 0.5) is 13.2 Å². The fraction of sp³-hybridized carbons (Fsp3) is 0.611. The van der Waals surface area contributed by atoms with E-state index in [2.05, 4.69) is 0 Å². The molecule has 3 heterocycles. The topological polar surface area (TPSA) is 68.6 Å². The highest BCUT2D eigenvalue weighted by atomic mass is 32.2. The smallest absolute Gasteiger partial charge is 0.406 e. The Balaban J connectivity index is 1.66. The van der Waals surface area contributed by atoms with Crippen molar-refractivity contribution in [2.24, 2.45) is 0 Å². The minimum atomic E-state index is -4.41. The number of halogens is 3. The number of hydrogen-bond donors (Lipinski definition) is 0. The predicted octanol–water partition coefficient (Wildman–Crippen LogP) is 2.85. The lowest BCUT2D eigenvalue weighted by Crippen LogP contribution is -2.46. The molecule has 0 unspecified atom stereocenters. The monoisotopic (exact) mass is 418 g/mol. The number of aromatic nitrogens is 1. The van der Waals surface area contributed by atoms with Gasteiger partial charge in [0.25, 0.3) is 0 Å². The molecule has 0 bridgehead atoms. The van der Waals surface area contributed by atoms with E-state index in [9.17, 15) is 27.6 Å². The third kappa shape index (κ3) is 3.78. The number of carbonyl (C=O) groups is 3. The van der Waals surface area contributed by atoms with Crippen LogP contribution in [-0.4, -0.2) is 56.6 Å². The van der Waals surface area contributed by atoms with E-state index in [4.69, 9.17) is 4.74 Å². The summed E-state index contributed by atoms with van der Waals surface area (Å²) < 4.78 is 44.2. The van der Waals surface area contributed by atoms with Gasteiger partial charge < -0.3 is 14.2 Å². The van der Waals surface area contributed by atoms with Crippen LogP contribution in [0.2, 0.25) is 0 Å². The van der Waals surface area contributed by atoms with Gasteiger partial charge in [0.2, 0.25) is 11.7 Å². The molecular weight excluding hydrogens is 397 g/mol. The molecule has 2 fully saturated rings. The molecule has 0 aliphatic carbocycles. The third-order valence-electron chi connectivity index (χ3n) is 5.27. The van der Waals surface area contributed by atoms with E-state index in [0.717, 1.165) is 4.57 Å². The highest BCUT2D eigenvalue weighted by Gasteiger charge is 2.53. The summed E-state index contributed by atoms with van der Waals surface area (Å²) in [6, 6.07) is 0.624. The minimum absolute atomic E-state index is 0.0948. The van der Waals surface area contributed by atoms with E-state index < -0.39 is 42.0 Å². The Labute approximate surface area is 164 Å². The Morgan fingerprint density at radius 2 is 2.04 bits per heavy atom. The molecule has 0 aromatic carbocycles. The van der Waals surface area contributed by atoms with Crippen molar-refractivity contribution in [2.75, 3.05) is 12.4 Å². The minimum Gasteiger partial charge on any atom is -0.456 e. The van der Waals surface area contributed by atoms with Gasteiger partial charge in [-0.2, -0.15) is 13.2 Å². The molecule has 1 aromatic heterocycles. The quantitative estimate of drug-likeness (QED) is 0.543. The van der Waals surface area contributed by atoms with E-state index in [1.807, 2.05) is 6.92 Å². The maximum absolute atomic E-state index is 12.7. The van der Waals surface area contributed by atoms with Crippen LogP contribution in [0.5, 0.6) is 0 Å². The maximum Gasteiger partial charge on any atom is 0.406 e. The Morgan fingerprint density at radius 1 is 1.36 bits per heavy atom. The molecule has 2 atom stereocenters. The van der Waals surface area contributed by atoms with E-state index in [0.29, 0.717) is 24.3 Å². The largest absolute Gasteiger partial charge is 0.456 e. The number of rotatable bonds is 5. The summed E-state index contributed by atoms with van der Waals surface area (Å²) in [6.45, 7) is 3.05. The number of ether oxygens (including phenoxy) is 1. The first-order valence-electron chi connectivity index (χ1n) is 8.82. The Bertz CT molecular complexity index is 836. The van der Waals surface area contributed by atoms with Gasteiger partial charge in [0, 0.05) is 29.1 Å². The van der Waals surface area contributed by atoms with Crippen LogP contribution in [-0.2, 0) is 20.9 Å². The molecule has 0 N–H and O–H groups in total. The van der Waals surface area contributed by atoms with Crippen LogP contribution < -0.4 is 0 Å². The first-order valence-corrected chi connectivity index (χ1v) is 9.81. The highest BCUT2D eigenvalue weighted by Crippen LogP contribution is 2.47. The molecule has 3 rings (SSSR count). The third-order valence-corrected chi connectivity index (χ3v) is 6.78. The second-order valence-corrected chi connectivity index (χ2v) is 8.78.